The van der Waals surface area contributed by atoms with Gasteiger partial charge in [0.25, 0.3) is 0 Å². The molecule has 1 atom stereocenters. The number of hydrogen-bond acceptors (Lipinski definition) is 7. The first-order valence-electron chi connectivity index (χ1n) is 10.3. The number of anilines is 1. The van der Waals surface area contributed by atoms with Crippen molar-refractivity contribution < 1.29 is 14.3 Å². The Kier molecular flexibility index (Phi) is 5.01. The molecule has 1 N–H and O–H groups in total. The number of carbonyl (C=O) groups is 2. The van der Waals surface area contributed by atoms with Gasteiger partial charge in [0.15, 0.2) is 5.65 Å². The van der Waals surface area contributed by atoms with Crippen LogP contribution in [0.4, 0.5) is 5.69 Å². The fraction of sp³-hybridized carbons (Fsp3) is 0.318. The Bertz CT molecular complexity index is 1430. The maximum absolute atomic E-state index is 12.9. The summed E-state index contributed by atoms with van der Waals surface area (Å²) in [4.78, 5) is 44.1. The molecule has 0 saturated heterocycles. The minimum absolute atomic E-state index is 0.232. The predicted molar refractivity (Wildman–Crippen MR) is 120 cm³/mol. The third-order valence-electron chi connectivity index (χ3n) is 5.78. The van der Waals surface area contributed by atoms with Crippen molar-refractivity contribution in [3.8, 4) is 0 Å². The molecule has 0 saturated carbocycles. The number of ether oxygens (including phenoxy) is 1. The fourth-order valence-electron chi connectivity index (χ4n) is 4.17. The first kappa shape index (κ1) is 20.4. The lowest BCUT2D eigenvalue weighted by atomic mass is 9.89. The van der Waals surface area contributed by atoms with E-state index in [1.165, 1.54) is 28.3 Å². The highest BCUT2D eigenvalue weighted by Crippen LogP contribution is 2.38. The van der Waals surface area contributed by atoms with Gasteiger partial charge in [-0.1, -0.05) is 19.1 Å². The van der Waals surface area contributed by atoms with Crippen LogP contribution in [0.3, 0.4) is 0 Å². The van der Waals surface area contributed by atoms with E-state index >= 15 is 0 Å². The van der Waals surface area contributed by atoms with Crippen LogP contribution >= 0.6 is 11.3 Å². The Labute approximate surface area is 186 Å². The molecule has 1 aromatic carbocycles. The van der Waals surface area contributed by atoms with Crippen LogP contribution in [0.5, 0.6) is 0 Å². The minimum Gasteiger partial charge on any atom is -0.465 e. The van der Waals surface area contributed by atoms with Crippen molar-refractivity contribution in [1.82, 2.24) is 19.2 Å². The SMILES string of the molecule is COC(=O)c1ccccc1NC(=O)Cn1nc2c3c4c(sc3ncn2c1=O)CC(C)CC4. The molecule has 32 heavy (non-hydrogen) atoms. The first-order valence-corrected chi connectivity index (χ1v) is 11.1. The molecule has 0 bridgehead atoms. The molecule has 3 heterocycles. The zero-order chi connectivity index (χ0) is 22.4. The predicted octanol–water partition coefficient (Wildman–Crippen LogP) is 2.66. The summed E-state index contributed by atoms with van der Waals surface area (Å²) in [5.74, 6) is -0.407. The standard InChI is InChI=1S/C22H21N5O4S/c1-12-7-8-14-16(9-12)32-20-18(14)19-25-27(22(30)26(19)11-23-20)10-17(28)24-15-6-4-3-5-13(15)21(29)31-2/h3-6,11-12H,7-10H2,1-2H3,(H,24,28). The van der Waals surface area contributed by atoms with Crippen LogP contribution in [-0.2, 0) is 28.9 Å². The Balaban J connectivity index is 1.49. The van der Waals surface area contributed by atoms with E-state index in [-0.39, 0.29) is 12.1 Å². The van der Waals surface area contributed by atoms with Crippen molar-refractivity contribution >= 4 is 44.8 Å². The highest BCUT2D eigenvalue weighted by molar-refractivity contribution is 7.19. The van der Waals surface area contributed by atoms with Gasteiger partial charge in [-0.25, -0.2) is 23.7 Å². The summed E-state index contributed by atoms with van der Waals surface area (Å²) in [7, 11) is 1.27. The lowest BCUT2D eigenvalue weighted by Crippen LogP contribution is -2.28. The van der Waals surface area contributed by atoms with Crippen molar-refractivity contribution in [2.24, 2.45) is 5.92 Å². The molecule has 1 unspecified atom stereocenters. The molecule has 0 fully saturated rings. The second kappa shape index (κ2) is 7.86. The average Bonchev–Trinajstić information content (AvgIpc) is 3.30. The third-order valence-corrected chi connectivity index (χ3v) is 6.94. The number of aromatic nitrogens is 4. The van der Waals surface area contributed by atoms with Crippen molar-refractivity contribution in [1.29, 1.82) is 0 Å². The lowest BCUT2D eigenvalue weighted by Gasteiger charge is -2.17. The van der Waals surface area contributed by atoms with Crippen molar-refractivity contribution in [2.75, 3.05) is 12.4 Å². The third kappa shape index (κ3) is 3.36. The van der Waals surface area contributed by atoms with Gasteiger partial charge in [0, 0.05) is 4.88 Å². The summed E-state index contributed by atoms with van der Waals surface area (Å²) < 4.78 is 7.27. The monoisotopic (exact) mass is 451 g/mol. The first-order chi connectivity index (χ1) is 15.5. The maximum atomic E-state index is 12.9. The normalized spacial score (nSPS) is 15.6. The van der Waals surface area contributed by atoms with E-state index in [9.17, 15) is 14.4 Å². The van der Waals surface area contributed by atoms with Crippen molar-refractivity contribution in [3.63, 3.8) is 0 Å². The van der Waals surface area contributed by atoms with Crippen LogP contribution in [0.15, 0.2) is 35.4 Å². The Morgan fingerprint density at radius 3 is 2.94 bits per heavy atom. The number of nitrogens with one attached hydrogen (secondary N) is 1. The molecule has 164 valence electrons. The molecule has 1 aliphatic carbocycles. The molecular weight excluding hydrogens is 430 g/mol. The van der Waals surface area contributed by atoms with Gasteiger partial charge < -0.3 is 10.1 Å². The number of nitrogens with zero attached hydrogens (tertiary/aromatic N) is 4. The van der Waals surface area contributed by atoms with Crippen molar-refractivity contribution in [3.05, 3.63) is 57.1 Å². The minimum atomic E-state index is -0.559. The van der Waals surface area contributed by atoms with E-state index in [0.717, 1.165) is 34.2 Å². The van der Waals surface area contributed by atoms with E-state index in [0.29, 0.717) is 17.3 Å². The van der Waals surface area contributed by atoms with E-state index in [1.807, 2.05) is 0 Å². The van der Waals surface area contributed by atoms with Gasteiger partial charge in [-0.2, -0.15) is 0 Å². The molecule has 0 radical (unpaired) electrons. The van der Waals surface area contributed by atoms with Crippen LogP contribution in [0.25, 0.3) is 15.9 Å². The van der Waals surface area contributed by atoms with Gasteiger partial charge >= 0.3 is 11.7 Å². The van der Waals surface area contributed by atoms with Gasteiger partial charge in [0.2, 0.25) is 5.91 Å². The molecule has 5 rings (SSSR count). The molecule has 10 heteroatoms. The second-order valence-electron chi connectivity index (χ2n) is 8.00. The number of benzene rings is 1. The largest absolute Gasteiger partial charge is 0.465 e. The summed E-state index contributed by atoms with van der Waals surface area (Å²) in [6.07, 6.45) is 4.51. The van der Waals surface area contributed by atoms with E-state index in [1.54, 1.807) is 35.6 Å². The quantitative estimate of drug-likeness (QED) is 0.478. The highest BCUT2D eigenvalue weighted by atomic mass is 32.1. The molecule has 9 nitrogen and oxygen atoms in total. The zero-order valence-corrected chi connectivity index (χ0v) is 18.4. The molecule has 1 aliphatic rings. The summed E-state index contributed by atoms with van der Waals surface area (Å²) in [6.45, 7) is 1.95. The molecular formula is C22H21N5O4S. The molecule has 0 aliphatic heterocycles. The van der Waals surface area contributed by atoms with Crippen LogP contribution in [-0.4, -0.2) is 38.2 Å². The summed E-state index contributed by atoms with van der Waals surface area (Å²) in [5.41, 5.74) is 1.85. The van der Waals surface area contributed by atoms with Crippen LogP contribution in [0, 0.1) is 5.92 Å². The number of thiophene rings is 1. The van der Waals surface area contributed by atoms with E-state index in [4.69, 9.17) is 4.74 Å². The Morgan fingerprint density at radius 2 is 2.12 bits per heavy atom. The maximum Gasteiger partial charge on any atom is 0.352 e. The van der Waals surface area contributed by atoms with E-state index < -0.39 is 17.6 Å². The number of aryl methyl sites for hydroxylation is 1. The number of rotatable bonds is 4. The molecule has 3 aromatic heterocycles. The van der Waals surface area contributed by atoms with Gasteiger partial charge in [-0.15, -0.1) is 16.4 Å². The van der Waals surface area contributed by atoms with Crippen LogP contribution in [0.1, 0.15) is 34.1 Å². The molecule has 4 aromatic rings. The number of fused-ring (bicyclic) bond motifs is 5. The van der Waals surface area contributed by atoms with Crippen molar-refractivity contribution in [2.45, 2.75) is 32.7 Å². The fourth-order valence-corrected chi connectivity index (χ4v) is 5.52. The van der Waals surface area contributed by atoms with Crippen LogP contribution < -0.4 is 11.0 Å². The average molecular weight is 452 g/mol. The summed E-state index contributed by atoms with van der Waals surface area (Å²) in [5, 5.41) is 8.06. The number of carbonyl (C=O) groups excluding carboxylic acids is 2. The van der Waals surface area contributed by atoms with Crippen LogP contribution in [0.2, 0.25) is 0 Å². The Hall–Kier alpha value is -3.53. The number of amides is 1. The van der Waals surface area contributed by atoms with Gasteiger partial charge in [0.05, 0.1) is 23.7 Å². The second-order valence-corrected chi connectivity index (χ2v) is 9.08. The zero-order valence-electron chi connectivity index (χ0n) is 17.6. The van der Waals surface area contributed by atoms with E-state index in [2.05, 4.69) is 22.3 Å². The van der Waals surface area contributed by atoms with Gasteiger partial charge in [-0.05, 0) is 42.9 Å². The topological polar surface area (TPSA) is 108 Å². The number of methoxy groups -OCH3 is 1. The Morgan fingerprint density at radius 1 is 1.31 bits per heavy atom. The molecule has 0 spiro atoms. The number of para-hydroxylation sites is 1. The number of hydrogen-bond donors (Lipinski definition) is 1. The number of esters is 1. The van der Waals surface area contributed by atoms with Gasteiger partial charge in [-0.3, -0.25) is 4.79 Å². The summed E-state index contributed by atoms with van der Waals surface area (Å²) in [6, 6.07) is 6.53. The highest BCUT2D eigenvalue weighted by Gasteiger charge is 2.24. The summed E-state index contributed by atoms with van der Waals surface area (Å²) >= 11 is 1.66. The van der Waals surface area contributed by atoms with Gasteiger partial charge in [0.1, 0.15) is 17.7 Å². The lowest BCUT2D eigenvalue weighted by molar-refractivity contribution is -0.117. The molecule has 1 amide bonds. The smallest absolute Gasteiger partial charge is 0.352 e.